The van der Waals surface area contributed by atoms with E-state index >= 15 is 0 Å². The maximum Gasteiger partial charge on any atom is 0.149 e. The lowest BCUT2D eigenvalue weighted by molar-refractivity contribution is 0.141. The lowest BCUT2D eigenvalue weighted by Crippen LogP contribution is -2.12. The van der Waals surface area contributed by atoms with Crippen molar-refractivity contribution >= 4 is 11.5 Å². The molecular weight excluding hydrogens is 190 g/mol. The first kappa shape index (κ1) is 11.8. The first-order valence-corrected chi connectivity index (χ1v) is 5.36. The molecule has 1 aromatic rings. The number of nitrogens with one attached hydrogen (secondary N) is 1. The molecule has 0 saturated carbocycles. The highest BCUT2D eigenvalue weighted by atomic mass is 16.5. The van der Waals surface area contributed by atoms with Crippen molar-refractivity contribution in [1.29, 1.82) is 0 Å². The summed E-state index contributed by atoms with van der Waals surface area (Å²) in [6.45, 7) is 4.41. The third kappa shape index (κ3) is 4.65. The van der Waals surface area contributed by atoms with Gasteiger partial charge in [0.2, 0.25) is 0 Å². The van der Waals surface area contributed by atoms with Gasteiger partial charge in [0.25, 0.3) is 0 Å². The molecular formula is C11H19N3O. The van der Waals surface area contributed by atoms with E-state index in [1.165, 1.54) is 6.42 Å². The first-order valence-electron chi connectivity index (χ1n) is 5.36. The highest BCUT2D eigenvalue weighted by Gasteiger charge is 1.96. The van der Waals surface area contributed by atoms with Crippen molar-refractivity contribution in [1.82, 2.24) is 4.98 Å². The van der Waals surface area contributed by atoms with Gasteiger partial charge in [-0.2, -0.15) is 0 Å². The molecule has 1 aromatic heterocycles. The van der Waals surface area contributed by atoms with Crippen LogP contribution in [0.25, 0.3) is 0 Å². The second kappa shape index (κ2) is 7.06. The molecule has 0 spiro atoms. The third-order valence-electron chi connectivity index (χ3n) is 2.02. The normalized spacial score (nSPS) is 10.2. The molecule has 1 rings (SSSR count). The largest absolute Gasteiger partial charge is 0.396 e. The van der Waals surface area contributed by atoms with Crippen LogP contribution in [0.3, 0.4) is 0 Å². The SMILES string of the molecule is CCCCOCCNc1ncccc1N. The van der Waals surface area contributed by atoms with Gasteiger partial charge < -0.3 is 15.8 Å². The number of pyridine rings is 1. The van der Waals surface area contributed by atoms with Gasteiger partial charge in [-0.05, 0) is 18.6 Å². The van der Waals surface area contributed by atoms with Crippen LogP contribution in [-0.4, -0.2) is 24.7 Å². The topological polar surface area (TPSA) is 60.2 Å². The van der Waals surface area contributed by atoms with Gasteiger partial charge in [-0.3, -0.25) is 0 Å². The Bertz CT molecular complexity index is 278. The van der Waals surface area contributed by atoms with Crippen LogP contribution in [0, 0.1) is 0 Å². The zero-order chi connectivity index (χ0) is 10.9. The second-order valence-corrected chi connectivity index (χ2v) is 3.33. The molecule has 4 nitrogen and oxygen atoms in total. The van der Waals surface area contributed by atoms with E-state index in [2.05, 4.69) is 17.2 Å². The Balaban J connectivity index is 2.12. The molecule has 0 unspecified atom stereocenters. The number of ether oxygens (including phenoxy) is 1. The molecule has 84 valence electrons. The van der Waals surface area contributed by atoms with Crippen LogP contribution in [-0.2, 0) is 4.74 Å². The third-order valence-corrected chi connectivity index (χ3v) is 2.02. The van der Waals surface area contributed by atoms with E-state index in [0.29, 0.717) is 12.3 Å². The van der Waals surface area contributed by atoms with Crippen molar-refractivity contribution in [2.75, 3.05) is 30.8 Å². The first-order chi connectivity index (χ1) is 7.34. The maximum absolute atomic E-state index is 5.72. The summed E-state index contributed by atoms with van der Waals surface area (Å²) < 4.78 is 5.40. The minimum atomic E-state index is 0.672. The monoisotopic (exact) mass is 209 g/mol. The Hall–Kier alpha value is -1.29. The quantitative estimate of drug-likeness (QED) is 0.673. The smallest absolute Gasteiger partial charge is 0.149 e. The van der Waals surface area contributed by atoms with Crippen LogP contribution in [0.1, 0.15) is 19.8 Å². The van der Waals surface area contributed by atoms with Gasteiger partial charge >= 0.3 is 0 Å². The molecule has 0 aliphatic rings. The van der Waals surface area contributed by atoms with Crippen molar-refractivity contribution in [3.05, 3.63) is 18.3 Å². The predicted molar refractivity (Wildman–Crippen MR) is 62.9 cm³/mol. The second-order valence-electron chi connectivity index (χ2n) is 3.33. The lowest BCUT2D eigenvalue weighted by Gasteiger charge is -2.07. The number of anilines is 2. The van der Waals surface area contributed by atoms with E-state index in [4.69, 9.17) is 10.5 Å². The van der Waals surface area contributed by atoms with Crippen LogP contribution in [0.15, 0.2) is 18.3 Å². The van der Waals surface area contributed by atoms with Gasteiger partial charge in [-0.15, -0.1) is 0 Å². The number of nitrogens with two attached hydrogens (primary N) is 1. The predicted octanol–water partition coefficient (Wildman–Crippen LogP) is 1.89. The zero-order valence-electron chi connectivity index (χ0n) is 9.20. The molecule has 15 heavy (non-hydrogen) atoms. The molecule has 0 aliphatic heterocycles. The summed E-state index contributed by atoms with van der Waals surface area (Å²) in [7, 11) is 0. The molecule has 0 radical (unpaired) electrons. The molecule has 0 aliphatic carbocycles. The van der Waals surface area contributed by atoms with Crippen molar-refractivity contribution in [3.63, 3.8) is 0 Å². The summed E-state index contributed by atoms with van der Waals surface area (Å²) in [4.78, 5) is 4.12. The standard InChI is InChI=1S/C11H19N3O/c1-2-3-8-15-9-7-14-11-10(12)5-4-6-13-11/h4-6H,2-3,7-9,12H2,1H3,(H,13,14). The van der Waals surface area contributed by atoms with Gasteiger partial charge in [0, 0.05) is 19.3 Å². The average Bonchev–Trinajstić information content (AvgIpc) is 2.25. The number of hydrogen-bond donors (Lipinski definition) is 2. The van der Waals surface area contributed by atoms with E-state index in [1.54, 1.807) is 6.20 Å². The minimum absolute atomic E-state index is 0.672. The maximum atomic E-state index is 5.72. The molecule has 0 fully saturated rings. The van der Waals surface area contributed by atoms with Crippen molar-refractivity contribution in [2.45, 2.75) is 19.8 Å². The lowest BCUT2D eigenvalue weighted by atomic mass is 10.4. The summed E-state index contributed by atoms with van der Waals surface area (Å²) in [5.41, 5.74) is 6.39. The Kier molecular flexibility index (Phi) is 5.55. The highest BCUT2D eigenvalue weighted by molar-refractivity contribution is 5.60. The number of nitrogen functional groups attached to an aromatic ring is 1. The fourth-order valence-electron chi connectivity index (χ4n) is 1.16. The number of hydrogen-bond acceptors (Lipinski definition) is 4. The summed E-state index contributed by atoms with van der Waals surface area (Å²) in [6.07, 6.45) is 4.00. The molecule has 0 bridgehead atoms. The zero-order valence-corrected chi connectivity index (χ0v) is 9.20. The van der Waals surface area contributed by atoms with Crippen LogP contribution in [0.5, 0.6) is 0 Å². The van der Waals surface area contributed by atoms with E-state index < -0.39 is 0 Å². The number of aromatic nitrogens is 1. The Labute approximate surface area is 90.8 Å². The fourth-order valence-corrected chi connectivity index (χ4v) is 1.16. The molecule has 0 aromatic carbocycles. The van der Waals surface area contributed by atoms with Gasteiger partial charge in [0.05, 0.1) is 12.3 Å². The molecule has 0 saturated heterocycles. The van der Waals surface area contributed by atoms with E-state index in [1.807, 2.05) is 12.1 Å². The van der Waals surface area contributed by atoms with E-state index in [-0.39, 0.29) is 0 Å². The van der Waals surface area contributed by atoms with Gasteiger partial charge in [-0.25, -0.2) is 4.98 Å². The van der Waals surface area contributed by atoms with E-state index in [0.717, 1.165) is 25.4 Å². The van der Waals surface area contributed by atoms with Crippen molar-refractivity contribution < 1.29 is 4.74 Å². The summed E-state index contributed by atoms with van der Waals surface area (Å²) in [5.74, 6) is 0.733. The van der Waals surface area contributed by atoms with E-state index in [9.17, 15) is 0 Å². The van der Waals surface area contributed by atoms with Gasteiger partial charge in [-0.1, -0.05) is 13.3 Å². The molecule has 0 amide bonds. The minimum Gasteiger partial charge on any atom is -0.396 e. The number of rotatable bonds is 7. The summed E-state index contributed by atoms with van der Waals surface area (Å²) in [5, 5.41) is 3.13. The molecule has 4 heteroatoms. The number of nitrogens with zero attached hydrogens (tertiary/aromatic N) is 1. The Morgan fingerprint density at radius 2 is 2.33 bits per heavy atom. The molecule has 3 N–H and O–H groups in total. The summed E-state index contributed by atoms with van der Waals surface area (Å²) in [6, 6.07) is 3.64. The van der Waals surface area contributed by atoms with Gasteiger partial charge in [0.15, 0.2) is 0 Å². The Morgan fingerprint density at radius 3 is 3.07 bits per heavy atom. The van der Waals surface area contributed by atoms with Crippen LogP contribution < -0.4 is 11.1 Å². The van der Waals surface area contributed by atoms with Crippen molar-refractivity contribution in [3.8, 4) is 0 Å². The van der Waals surface area contributed by atoms with Crippen LogP contribution >= 0.6 is 0 Å². The van der Waals surface area contributed by atoms with Crippen molar-refractivity contribution in [2.24, 2.45) is 0 Å². The average molecular weight is 209 g/mol. The van der Waals surface area contributed by atoms with Crippen LogP contribution in [0.2, 0.25) is 0 Å². The molecule has 1 heterocycles. The number of unbranched alkanes of at least 4 members (excludes halogenated alkanes) is 1. The fraction of sp³-hybridized carbons (Fsp3) is 0.545. The Morgan fingerprint density at radius 1 is 1.47 bits per heavy atom. The highest BCUT2D eigenvalue weighted by Crippen LogP contribution is 2.11. The summed E-state index contributed by atoms with van der Waals surface area (Å²) >= 11 is 0. The molecule has 0 atom stereocenters. The van der Waals surface area contributed by atoms with Crippen LogP contribution in [0.4, 0.5) is 11.5 Å². The van der Waals surface area contributed by atoms with Gasteiger partial charge in [0.1, 0.15) is 5.82 Å².